The molecular formula is C32H55BF2N3O4P. The molecule has 43 heavy (non-hydrogen) atoms. The molecule has 7 nitrogen and oxygen atoms in total. The molecule has 2 heterocycles. The molecule has 0 aromatic carbocycles. The van der Waals surface area contributed by atoms with Gasteiger partial charge in [0.05, 0.1) is 33.4 Å². The normalized spacial score (nSPS) is 15.8. The highest BCUT2D eigenvalue weighted by atomic mass is 31.2. The Hall–Kier alpha value is -1.58. The van der Waals surface area contributed by atoms with E-state index in [1.807, 2.05) is 33.4 Å². The molecule has 2 rings (SSSR count). The first kappa shape index (κ1) is 37.6. The summed E-state index contributed by atoms with van der Waals surface area (Å²) in [5.41, 5.74) is 2.39. The van der Waals surface area contributed by atoms with Crippen LogP contribution >= 0.6 is 7.82 Å². The average Bonchev–Trinajstić information content (AvgIpc) is 3.59. The number of hydrogen-bond acceptors (Lipinski definition) is 5. The van der Waals surface area contributed by atoms with Gasteiger partial charge in [0.25, 0.3) is 7.82 Å². The Bertz CT molecular complexity index is 1040. The van der Waals surface area contributed by atoms with Gasteiger partial charge in [0, 0.05) is 11.9 Å². The fourth-order valence-corrected chi connectivity index (χ4v) is 5.77. The highest BCUT2D eigenvalue weighted by Crippen LogP contribution is 2.38. The Kier molecular flexibility index (Phi) is 18.6. The van der Waals surface area contributed by atoms with E-state index < -0.39 is 15.2 Å². The van der Waals surface area contributed by atoms with E-state index in [2.05, 4.69) is 4.99 Å². The summed E-state index contributed by atoms with van der Waals surface area (Å²) in [6.07, 6.45) is 27.4. The minimum Gasteiger partial charge on any atom is -0.756 e. The molecule has 1 aliphatic heterocycles. The van der Waals surface area contributed by atoms with Crippen molar-refractivity contribution in [3.8, 4) is 0 Å². The van der Waals surface area contributed by atoms with Crippen molar-refractivity contribution < 1.29 is 31.6 Å². The van der Waals surface area contributed by atoms with E-state index in [4.69, 9.17) is 9.05 Å². The largest absolute Gasteiger partial charge is 0.756 e. The van der Waals surface area contributed by atoms with Crippen LogP contribution in [0, 0.1) is 0 Å². The lowest BCUT2D eigenvalue weighted by Crippen LogP contribution is -2.37. The lowest BCUT2D eigenvalue weighted by atomic mass is 10.0. The fourth-order valence-electron chi connectivity index (χ4n) is 5.04. The molecule has 1 aromatic heterocycles. The van der Waals surface area contributed by atoms with Crippen LogP contribution in [0.15, 0.2) is 40.7 Å². The number of phosphoric ester groups is 1. The standard InChI is InChI=1S/C32H55BF2N3O4P/c1-38(2,3)24-26-42-43(39,40)41-25-19-17-15-13-11-9-7-5-4-6-8-10-12-14-16-18-21-30-27-31(36-29-30)28-32-22-20-23-37(32)33(34)35/h20,22-23,27-29H,4-19,21,24-26H2,1-3H3/b31-28-. The van der Waals surface area contributed by atoms with Crippen molar-refractivity contribution in [1.82, 2.24) is 4.48 Å². The van der Waals surface area contributed by atoms with E-state index in [9.17, 15) is 18.1 Å². The molecule has 0 spiro atoms. The molecule has 1 atom stereocenters. The van der Waals surface area contributed by atoms with Crippen LogP contribution in [0.3, 0.4) is 0 Å². The number of nitrogens with zero attached hydrogens (tertiary/aromatic N) is 3. The van der Waals surface area contributed by atoms with Gasteiger partial charge < -0.3 is 22.9 Å². The summed E-state index contributed by atoms with van der Waals surface area (Å²) in [5, 5.41) is 0. The van der Waals surface area contributed by atoms with Gasteiger partial charge in [-0.05, 0) is 55.3 Å². The van der Waals surface area contributed by atoms with E-state index in [0.29, 0.717) is 16.7 Å². The van der Waals surface area contributed by atoms with Crippen molar-refractivity contribution >= 4 is 27.5 Å². The number of aromatic nitrogens is 1. The Morgan fingerprint density at radius 2 is 1.37 bits per heavy atom. The number of phosphoric acid groups is 1. The predicted octanol–water partition coefficient (Wildman–Crippen LogP) is 8.45. The van der Waals surface area contributed by atoms with Gasteiger partial charge in [-0.1, -0.05) is 89.9 Å². The highest BCUT2D eigenvalue weighted by molar-refractivity contribution is 7.45. The van der Waals surface area contributed by atoms with E-state index >= 15 is 0 Å². The quantitative estimate of drug-likeness (QED) is 0.0448. The Labute approximate surface area is 259 Å². The molecule has 0 bridgehead atoms. The lowest BCUT2D eigenvalue weighted by Gasteiger charge is -2.27. The topological polar surface area (TPSA) is 75.9 Å². The van der Waals surface area contributed by atoms with Crippen LogP contribution in [0.2, 0.25) is 0 Å². The first-order valence-electron chi connectivity index (χ1n) is 16.4. The number of quaternary nitrogens is 1. The Balaban J connectivity index is 1.32. The number of aliphatic imine (C=N–C) groups is 1. The summed E-state index contributed by atoms with van der Waals surface area (Å²) in [7, 11) is -0.748. The summed E-state index contributed by atoms with van der Waals surface area (Å²) in [4.78, 5) is 16.1. The second-order valence-electron chi connectivity index (χ2n) is 12.7. The minimum absolute atomic E-state index is 0.149. The molecule has 0 amide bonds. The van der Waals surface area contributed by atoms with E-state index in [-0.39, 0.29) is 13.2 Å². The summed E-state index contributed by atoms with van der Waals surface area (Å²) in [6, 6.07) is 3.30. The van der Waals surface area contributed by atoms with Crippen molar-refractivity contribution in [1.29, 1.82) is 0 Å². The van der Waals surface area contributed by atoms with Crippen LogP contribution in [0.1, 0.15) is 115 Å². The maximum absolute atomic E-state index is 13.0. The summed E-state index contributed by atoms with van der Waals surface area (Å²) < 4.78 is 49.2. The van der Waals surface area contributed by atoms with Crippen LogP contribution in [0.5, 0.6) is 0 Å². The Morgan fingerprint density at radius 3 is 1.91 bits per heavy atom. The van der Waals surface area contributed by atoms with Crippen LogP contribution in [-0.4, -0.2) is 63.5 Å². The lowest BCUT2D eigenvalue weighted by molar-refractivity contribution is -0.870. The van der Waals surface area contributed by atoms with Gasteiger partial charge in [-0.25, -0.2) is 0 Å². The SMILES string of the molecule is C[N+](C)(C)CCOP(=O)([O-])OCCCCCCCCCCCCCCCCCCC1=C/C(=C/c2cccn2B(F)F)N=C1. The van der Waals surface area contributed by atoms with Gasteiger partial charge >= 0.3 is 7.40 Å². The van der Waals surface area contributed by atoms with Gasteiger partial charge in [-0.15, -0.1) is 0 Å². The van der Waals surface area contributed by atoms with Crippen molar-refractivity contribution in [3.63, 3.8) is 0 Å². The molecule has 1 aliphatic rings. The van der Waals surface area contributed by atoms with E-state index in [1.165, 1.54) is 88.8 Å². The summed E-state index contributed by atoms with van der Waals surface area (Å²) >= 11 is 0. The average molecular weight is 626 g/mol. The third-order valence-corrected chi connectivity index (χ3v) is 8.65. The zero-order chi connectivity index (χ0) is 31.4. The number of unbranched alkanes of at least 4 members (excludes halogenated alkanes) is 15. The fraction of sp³-hybridized carbons (Fsp3) is 0.719. The number of hydrogen-bond donors (Lipinski definition) is 0. The molecule has 0 aliphatic carbocycles. The molecule has 244 valence electrons. The molecule has 11 heteroatoms. The first-order chi connectivity index (χ1) is 20.6. The van der Waals surface area contributed by atoms with Crippen molar-refractivity contribution in [2.24, 2.45) is 4.99 Å². The van der Waals surface area contributed by atoms with Crippen LogP contribution in [0.4, 0.5) is 8.63 Å². The highest BCUT2D eigenvalue weighted by Gasteiger charge is 2.18. The molecule has 0 fully saturated rings. The van der Waals surface area contributed by atoms with Gasteiger partial charge in [0.15, 0.2) is 0 Å². The second-order valence-corrected chi connectivity index (χ2v) is 14.1. The van der Waals surface area contributed by atoms with Crippen LogP contribution in [-0.2, 0) is 13.6 Å². The zero-order valence-electron chi connectivity index (χ0n) is 26.9. The van der Waals surface area contributed by atoms with Crippen LogP contribution < -0.4 is 4.89 Å². The van der Waals surface area contributed by atoms with Gasteiger partial charge in [-0.3, -0.25) is 18.2 Å². The monoisotopic (exact) mass is 625 g/mol. The number of halogens is 2. The van der Waals surface area contributed by atoms with Crippen molar-refractivity contribution in [2.45, 2.75) is 109 Å². The molecule has 0 saturated heterocycles. The zero-order valence-corrected chi connectivity index (χ0v) is 27.8. The third-order valence-electron chi connectivity index (χ3n) is 7.65. The van der Waals surface area contributed by atoms with E-state index in [0.717, 1.165) is 42.3 Å². The predicted molar refractivity (Wildman–Crippen MR) is 173 cm³/mol. The van der Waals surface area contributed by atoms with Gasteiger partial charge in [0.1, 0.15) is 13.2 Å². The van der Waals surface area contributed by atoms with Gasteiger partial charge in [-0.2, -0.15) is 0 Å². The molecule has 0 saturated carbocycles. The summed E-state index contributed by atoms with van der Waals surface area (Å²) in [6.45, 7) is 0.973. The number of allylic oxidation sites excluding steroid dienone is 2. The number of rotatable bonds is 26. The molecule has 1 unspecified atom stereocenters. The molecule has 0 radical (unpaired) electrons. The maximum Gasteiger partial charge on any atom is 0.677 e. The van der Waals surface area contributed by atoms with E-state index in [1.54, 1.807) is 18.2 Å². The molecular weight excluding hydrogens is 570 g/mol. The Morgan fingerprint density at radius 1 is 0.860 bits per heavy atom. The minimum atomic E-state index is -4.17. The van der Waals surface area contributed by atoms with Crippen molar-refractivity contribution in [3.05, 3.63) is 41.4 Å². The van der Waals surface area contributed by atoms with Gasteiger partial charge in [0.2, 0.25) is 0 Å². The van der Waals surface area contributed by atoms with Crippen molar-refractivity contribution in [2.75, 3.05) is 40.9 Å². The smallest absolute Gasteiger partial charge is 0.677 e. The molecule has 1 aromatic rings. The second kappa shape index (κ2) is 21.2. The first-order valence-corrected chi connectivity index (χ1v) is 17.8. The number of likely N-dealkylation sites (N-methyl/N-ethyl adjacent to an activating group) is 1. The van der Waals surface area contributed by atoms with Crippen LogP contribution in [0.25, 0.3) is 6.08 Å². The summed E-state index contributed by atoms with van der Waals surface area (Å²) in [5.74, 6) is 0. The maximum atomic E-state index is 13.0. The third kappa shape index (κ3) is 18.7. The molecule has 0 N–H and O–H groups in total.